The molecule has 1 fully saturated rings. The average molecular weight is 423 g/mol. The van der Waals surface area contributed by atoms with Crippen molar-refractivity contribution in [1.29, 1.82) is 0 Å². The molecule has 3 aromatic rings. The SMILES string of the molecule is CCc1cc(=O)oc2cc(OC(C)C(=O)Nc3ccc(N4CCOCC4)nc3)ccc12. The van der Waals surface area contributed by atoms with Crippen LogP contribution in [0.3, 0.4) is 0 Å². The molecular weight excluding hydrogens is 398 g/mol. The highest BCUT2D eigenvalue weighted by Crippen LogP contribution is 2.24. The maximum absolute atomic E-state index is 12.6. The lowest BCUT2D eigenvalue weighted by Crippen LogP contribution is -2.36. The number of fused-ring (bicyclic) bond motifs is 1. The summed E-state index contributed by atoms with van der Waals surface area (Å²) in [4.78, 5) is 30.9. The lowest BCUT2D eigenvalue weighted by Gasteiger charge is -2.27. The highest BCUT2D eigenvalue weighted by atomic mass is 16.5. The van der Waals surface area contributed by atoms with Crippen LogP contribution in [0.15, 0.2) is 51.8 Å². The third-order valence-corrected chi connectivity index (χ3v) is 5.22. The molecule has 1 aliphatic heterocycles. The Kier molecular flexibility index (Phi) is 6.18. The lowest BCUT2D eigenvalue weighted by atomic mass is 10.1. The van der Waals surface area contributed by atoms with Gasteiger partial charge in [0.15, 0.2) is 6.10 Å². The van der Waals surface area contributed by atoms with E-state index >= 15 is 0 Å². The average Bonchev–Trinajstić information content (AvgIpc) is 2.79. The molecule has 1 aliphatic rings. The number of amides is 1. The summed E-state index contributed by atoms with van der Waals surface area (Å²) in [7, 11) is 0. The third kappa shape index (κ3) is 4.86. The van der Waals surface area contributed by atoms with Crippen LogP contribution in [-0.2, 0) is 16.0 Å². The fourth-order valence-electron chi connectivity index (χ4n) is 3.52. The summed E-state index contributed by atoms with van der Waals surface area (Å²) in [6.07, 6.45) is 1.60. The van der Waals surface area contributed by atoms with E-state index in [2.05, 4.69) is 15.2 Å². The molecule has 0 spiro atoms. The van der Waals surface area contributed by atoms with Crippen LogP contribution in [0.5, 0.6) is 5.75 Å². The first-order valence-corrected chi connectivity index (χ1v) is 10.4. The molecule has 1 atom stereocenters. The molecule has 1 amide bonds. The van der Waals surface area contributed by atoms with Crippen LogP contribution in [0.2, 0.25) is 0 Å². The fraction of sp³-hybridized carbons (Fsp3) is 0.348. The molecule has 1 unspecified atom stereocenters. The van der Waals surface area contributed by atoms with E-state index in [4.69, 9.17) is 13.9 Å². The van der Waals surface area contributed by atoms with Crippen LogP contribution in [0.25, 0.3) is 11.0 Å². The van der Waals surface area contributed by atoms with E-state index in [0.29, 0.717) is 30.2 Å². The molecule has 1 aromatic carbocycles. The first kappa shape index (κ1) is 20.9. The summed E-state index contributed by atoms with van der Waals surface area (Å²) >= 11 is 0. The number of pyridine rings is 1. The zero-order valence-corrected chi connectivity index (χ0v) is 17.6. The van der Waals surface area contributed by atoms with Gasteiger partial charge in [-0.2, -0.15) is 0 Å². The van der Waals surface area contributed by atoms with Gasteiger partial charge < -0.3 is 24.1 Å². The van der Waals surface area contributed by atoms with E-state index in [1.807, 2.05) is 25.1 Å². The summed E-state index contributed by atoms with van der Waals surface area (Å²) in [5.41, 5.74) is 1.55. The van der Waals surface area contributed by atoms with E-state index in [1.165, 1.54) is 6.07 Å². The van der Waals surface area contributed by atoms with Crippen molar-refractivity contribution >= 4 is 28.4 Å². The van der Waals surface area contributed by atoms with Crippen LogP contribution in [0.4, 0.5) is 11.5 Å². The van der Waals surface area contributed by atoms with Gasteiger partial charge >= 0.3 is 5.63 Å². The van der Waals surface area contributed by atoms with Gasteiger partial charge in [-0.25, -0.2) is 9.78 Å². The summed E-state index contributed by atoms with van der Waals surface area (Å²) in [6, 6.07) is 10.4. The molecule has 0 bridgehead atoms. The summed E-state index contributed by atoms with van der Waals surface area (Å²) in [6.45, 7) is 6.62. The number of carbonyl (C=O) groups is 1. The Morgan fingerprint density at radius 2 is 2.03 bits per heavy atom. The first-order valence-electron chi connectivity index (χ1n) is 10.4. The highest BCUT2D eigenvalue weighted by molar-refractivity contribution is 5.94. The normalized spacial score (nSPS) is 15.0. The minimum absolute atomic E-state index is 0.301. The maximum Gasteiger partial charge on any atom is 0.336 e. The minimum Gasteiger partial charge on any atom is -0.481 e. The van der Waals surface area contributed by atoms with Crippen molar-refractivity contribution in [3.63, 3.8) is 0 Å². The highest BCUT2D eigenvalue weighted by Gasteiger charge is 2.17. The van der Waals surface area contributed by atoms with Crippen molar-refractivity contribution in [2.45, 2.75) is 26.4 Å². The molecular formula is C23H25N3O5. The summed E-state index contributed by atoms with van der Waals surface area (Å²) < 4.78 is 16.4. The molecule has 3 heterocycles. The number of ether oxygens (including phenoxy) is 2. The van der Waals surface area contributed by atoms with Gasteiger partial charge in [0.05, 0.1) is 25.1 Å². The fourth-order valence-corrected chi connectivity index (χ4v) is 3.52. The van der Waals surface area contributed by atoms with Gasteiger partial charge in [0, 0.05) is 30.6 Å². The standard InChI is InChI=1S/C23H25N3O5/c1-3-16-12-22(27)31-20-13-18(5-6-19(16)20)30-15(2)23(28)25-17-4-7-21(24-14-17)26-8-10-29-11-9-26/h4-7,12-15H,3,8-11H2,1-2H3,(H,25,28). The monoisotopic (exact) mass is 423 g/mol. The molecule has 0 saturated carbocycles. The minimum atomic E-state index is -0.752. The van der Waals surface area contributed by atoms with Gasteiger partial charge in [-0.05, 0) is 43.2 Å². The molecule has 8 heteroatoms. The molecule has 1 saturated heterocycles. The number of nitrogens with zero attached hydrogens (tertiary/aromatic N) is 2. The topological polar surface area (TPSA) is 93.9 Å². The Morgan fingerprint density at radius 1 is 1.23 bits per heavy atom. The lowest BCUT2D eigenvalue weighted by molar-refractivity contribution is -0.122. The molecule has 0 aliphatic carbocycles. The second-order valence-electron chi connectivity index (χ2n) is 7.36. The van der Waals surface area contributed by atoms with Crippen molar-refractivity contribution in [2.24, 2.45) is 0 Å². The van der Waals surface area contributed by atoms with Crippen molar-refractivity contribution in [1.82, 2.24) is 4.98 Å². The van der Waals surface area contributed by atoms with E-state index in [9.17, 15) is 9.59 Å². The largest absolute Gasteiger partial charge is 0.481 e. The van der Waals surface area contributed by atoms with Crippen LogP contribution < -0.4 is 20.6 Å². The van der Waals surface area contributed by atoms with Gasteiger partial charge in [0.1, 0.15) is 17.2 Å². The van der Waals surface area contributed by atoms with E-state index < -0.39 is 11.7 Å². The van der Waals surface area contributed by atoms with Gasteiger partial charge in [-0.1, -0.05) is 6.92 Å². The van der Waals surface area contributed by atoms with Crippen molar-refractivity contribution < 1.29 is 18.7 Å². The van der Waals surface area contributed by atoms with Crippen molar-refractivity contribution in [2.75, 3.05) is 36.5 Å². The van der Waals surface area contributed by atoms with Crippen molar-refractivity contribution in [3.8, 4) is 5.75 Å². The summed E-state index contributed by atoms with van der Waals surface area (Å²) in [5.74, 6) is 1.01. The van der Waals surface area contributed by atoms with Gasteiger partial charge in [0.2, 0.25) is 0 Å². The number of benzene rings is 1. The number of hydrogen-bond acceptors (Lipinski definition) is 7. The van der Waals surface area contributed by atoms with Gasteiger partial charge in [-0.3, -0.25) is 4.79 Å². The number of aromatic nitrogens is 1. The van der Waals surface area contributed by atoms with Crippen LogP contribution in [0.1, 0.15) is 19.4 Å². The predicted molar refractivity (Wildman–Crippen MR) is 118 cm³/mol. The maximum atomic E-state index is 12.6. The van der Waals surface area contributed by atoms with Crippen LogP contribution in [-0.4, -0.2) is 43.3 Å². The van der Waals surface area contributed by atoms with E-state index in [1.54, 1.807) is 25.3 Å². The number of nitrogens with one attached hydrogen (secondary N) is 1. The van der Waals surface area contributed by atoms with E-state index in [-0.39, 0.29) is 5.91 Å². The van der Waals surface area contributed by atoms with Crippen LogP contribution in [0, 0.1) is 0 Å². The molecule has 2 aromatic heterocycles. The van der Waals surface area contributed by atoms with Gasteiger partial charge in [0.25, 0.3) is 5.91 Å². The smallest absolute Gasteiger partial charge is 0.336 e. The molecule has 162 valence electrons. The molecule has 0 radical (unpaired) electrons. The number of anilines is 2. The second-order valence-corrected chi connectivity index (χ2v) is 7.36. The van der Waals surface area contributed by atoms with Crippen LogP contribution >= 0.6 is 0 Å². The number of aryl methyl sites for hydroxylation is 1. The molecule has 4 rings (SSSR count). The Labute approximate surface area is 179 Å². The Bertz CT molecular complexity index is 1120. The van der Waals surface area contributed by atoms with Crippen molar-refractivity contribution in [3.05, 3.63) is 58.6 Å². The number of rotatable bonds is 6. The Hall–Kier alpha value is -3.39. The summed E-state index contributed by atoms with van der Waals surface area (Å²) in [5, 5.41) is 3.67. The number of morpholine rings is 1. The van der Waals surface area contributed by atoms with Gasteiger partial charge in [-0.15, -0.1) is 0 Å². The zero-order valence-electron chi connectivity index (χ0n) is 17.6. The molecule has 1 N–H and O–H groups in total. The quantitative estimate of drug-likeness (QED) is 0.609. The number of hydrogen-bond donors (Lipinski definition) is 1. The molecule has 8 nitrogen and oxygen atoms in total. The van der Waals surface area contributed by atoms with E-state index in [0.717, 1.165) is 36.3 Å². The Morgan fingerprint density at radius 3 is 2.74 bits per heavy atom. The number of carbonyl (C=O) groups excluding carboxylic acids is 1. The second kappa shape index (κ2) is 9.18. The predicted octanol–water partition coefficient (Wildman–Crippen LogP) is 2.99. The Balaban J connectivity index is 1.41. The zero-order chi connectivity index (χ0) is 21.8. The first-order chi connectivity index (χ1) is 15.0. The molecule has 31 heavy (non-hydrogen) atoms. The third-order valence-electron chi connectivity index (χ3n) is 5.22.